The van der Waals surface area contributed by atoms with Crippen LogP contribution in [-0.4, -0.2) is 100 Å². The number of ether oxygens (including phenoxy) is 3. The third-order valence-electron chi connectivity index (χ3n) is 14.5. The first kappa shape index (κ1) is 72.1. The molecule has 7 atom stereocenters. The first-order valence-corrected chi connectivity index (χ1v) is 31.7. The fraction of sp³-hybridized carbons (Fsp3) is 0.788. The second-order valence-electron chi connectivity index (χ2n) is 21.7. The summed E-state index contributed by atoms with van der Waals surface area (Å²) in [6.07, 6.45) is 63.1. The highest BCUT2D eigenvalue weighted by Crippen LogP contribution is 2.23. The minimum atomic E-state index is -1.58. The predicted octanol–water partition coefficient (Wildman–Crippen LogP) is 15.2. The summed E-state index contributed by atoms with van der Waals surface area (Å²) < 4.78 is 16.7. The van der Waals surface area contributed by atoms with E-state index in [2.05, 4.69) is 79.9 Å². The Kier molecular flexibility index (Phi) is 51.5. The quantitative estimate of drug-likeness (QED) is 0.0195. The van der Waals surface area contributed by atoms with Crippen LogP contribution in [0.3, 0.4) is 0 Å². The third-order valence-corrected chi connectivity index (χ3v) is 14.5. The summed E-state index contributed by atoms with van der Waals surface area (Å²) in [6.45, 7) is 4.23. The molecule has 1 heterocycles. The van der Waals surface area contributed by atoms with Crippen LogP contribution in [0.15, 0.2) is 72.9 Å². The number of carbonyl (C=O) groups excluding carboxylic acids is 2. The predicted molar refractivity (Wildman–Crippen MR) is 319 cm³/mol. The molecule has 6 N–H and O–H groups in total. The third kappa shape index (κ3) is 44.5. The number of nitrogens with one attached hydrogen (secondary N) is 1. The van der Waals surface area contributed by atoms with Gasteiger partial charge in [-0.2, -0.15) is 0 Å². The number of unbranched alkanes of at least 4 members (excludes halogenated alkanes) is 30. The summed E-state index contributed by atoms with van der Waals surface area (Å²) in [6, 6.07) is -0.832. The van der Waals surface area contributed by atoms with Gasteiger partial charge in [-0.1, -0.05) is 222 Å². The molecule has 1 rings (SSSR count). The van der Waals surface area contributed by atoms with Gasteiger partial charge in [-0.15, -0.1) is 0 Å². The Morgan fingerprint density at radius 2 is 0.883 bits per heavy atom. The van der Waals surface area contributed by atoms with Gasteiger partial charge in [0.25, 0.3) is 0 Å². The van der Waals surface area contributed by atoms with Crippen molar-refractivity contribution in [3.8, 4) is 0 Å². The molecule has 0 radical (unpaired) electrons. The lowest BCUT2D eigenvalue weighted by Gasteiger charge is -2.40. The summed E-state index contributed by atoms with van der Waals surface area (Å²) in [5, 5.41) is 54.2. The molecule has 1 aliphatic rings. The fourth-order valence-electron chi connectivity index (χ4n) is 9.45. The Morgan fingerprint density at radius 3 is 1.36 bits per heavy atom. The lowest BCUT2D eigenvalue weighted by Crippen LogP contribution is -2.60. The minimum absolute atomic E-state index is 0.0170. The first-order chi connectivity index (χ1) is 37.7. The highest BCUT2D eigenvalue weighted by atomic mass is 16.7. The smallest absolute Gasteiger partial charge is 0.305 e. The summed E-state index contributed by atoms with van der Waals surface area (Å²) in [5.41, 5.74) is 0. The molecule has 0 aromatic heterocycles. The van der Waals surface area contributed by atoms with Crippen LogP contribution in [0.1, 0.15) is 271 Å². The molecule has 0 saturated carbocycles. The molecule has 0 aliphatic carbocycles. The van der Waals surface area contributed by atoms with Crippen LogP contribution in [0.5, 0.6) is 0 Å². The zero-order valence-corrected chi connectivity index (χ0v) is 49.2. The maximum Gasteiger partial charge on any atom is 0.305 e. The molecule has 0 aromatic carbocycles. The second-order valence-corrected chi connectivity index (χ2v) is 21.7. The number of hydrogen-bond donors (Lipinski definition) is 6. The van der Waals surface area contributed by atoms with Crippen molar-refractivity contribution in [3.05, 3.63) is 72.9 Å². The summed E-state index contributed by atoms with van der Waals surface area (Å²) in [4.78, 5) is 25.0. The van der Waals surface area contributed by atoms with Crippen molar-refractivity contribution in [1.29, 1.82) is 0 Å². The Hall–Kier alpha value is -2.90. The topological polar surface area (TPSA) is 175 Å². The molecule has 11 nitrogen and oxygen atoms in total. The van der Waals surface area contributed by atoms with Gasteiger partial charge in [0, 0.05) is 12.8 Å². The standard InChI is InChI=1S/C66H117NO10/c1-3-5-7-9-11-13-14-15-27-31-34-38-42-46-50-54-62(71)75-55-51-47-43-39-35-32-29-26-24-22-20-18-16-17-19-21-23-25-28-30-33-37-41-45-49-53-61(70)67-58(59(69)52-48-44-40-36-12-10-8-6-4-2)57-76-66-65(74)64(73)63(72)60(56-68)77-66/h11-13,15,17-20,27,36,48,52,58-60,63-66,68-69,72-74H,3-10,14,16,21-26,28-35,37-47,49-51,53-57H2,1-2H3,(H,67,70)/b13-11-,19-17-,20-18-,27-15-,36-12+,52-48+. The molecule has 77 heavy (non-hydrogen) atoms. The molecule has 0 bridgehead atoms. The molecule has 0 spiro atoms. The zero-order chi connectivity index (χ0) is 55.9. The Balaban J connectivity index is 2.00. The minimum Gasteiger partial charge on any atom is -0.466 e. The summed E-state index contributed by atoms with van der Waals surface area (Å²) >= 11 is 0. The van der Waals surface area contributed by atoms with Crippen LogP contribution in [0, 0.1) is 0 Å². The largest absolute Gasteiger partial charge is 0.466 e. The van der Waals surface area contributed by atoms with Gasteiger partial charge in [-0.25, -0.2) is 0 Å². The van der Waals surface area contributed by atoms with E-state index >= 15 is 0 Å². The Morgan fingerprint density at radius 1 is 0.481 bits per heavy atom. The van der Waals surface area contributed by atoms with E-state index in [-0.39, 0.29) is 18.5 Å². The average molecular weight is 1080 g/mol. The van der Waals surface area contributed by atoms with Crippen molar-refractivity contribution in [2.24, 2.45) is 0 Å². The van der Waals surface area contributed by atoms with E-state index in [1.807, 2.05) is 6.08 Å². The number of carbonyl (C=O) groups is 2. The van der Waals surface area contributed by atoms with E-state index in [0.29, 0.717) is 19.4 Å². The fourth-order valence-corrected chi connectivity index (χ4v) is 9.45. The van der Waals surface area contributed by atoms with Crippen LogP contribution in [0.25, 0.3) is 0 Å². The van der Waals surface area contributed by atoms with Gasteiger partial charge in [0.05, 0.1) is 32.0 Å². The van der Waals surface area contributed by atoms with Crippen LogP contribution in [0.4, 0.5) is 0 Å². The highest BCUT2D eigenvalue weighted by molar-refractivity contribution is 5.76. The molecule has 446 valence electrons. The van der Waals surface area contributed by atoms with Gasteiger partial charge in [-0.3, -0.25) is 9.59 Å². The van der Waals surface area contributed by atoms with Gasteiger partial charge in [-0.05, 0) is 109 Å². The maximum absolute atomic E-state index is 13.0. The number of amides is 1. The van der Waals surface area contributed by atoms with Gasteiger partial charge in [0.1, 0.15) is 24.4 Å². The number of hydrogen-bond acceptors (Lipinski definition) is 10. The summed E-state index contributed by atoms with van der Waals surface area (Å²) in [5.74, 6) is -0.219. The van der Waals surface area contributed by atoms with E-state index < -0.39 is 49.5 Å². The Labute approximate surface area is 471 Å². The molecule has 0 aromatic rings. The lowest BCUT2D eigenvalue weighted by molar-refractivity contribution is -0.302. The molecular weight excluding hydrogens is 967 g/mol. The molecule has 1 amide bonds. The normalized spacial score (nSPS) is 19.1. The molecule has 1 saturated heterocycles. The molecule has 1 fully saturated rings. The van der Waals surface area contributed by atoms with Crippen molar-refractivity contribution in [1.82, 2.24) is 5.32 Å². The molecule has 1 aliphatic heterocycles. The van der Waals surface area contributed by atoms with Crippen LogP contribution in [0.2, 0.25) is 0 Å². The summed E-state index contributed by atoms with van der Waals surface area (Å²) in [7, 11) is 0. The average Bonchev–Trinajstić information content (AvgIpc) is 3.43. The van der Waals surface area contributed by atoms with Crippen LogP contribution < -0.4 is 5.32 Å². The van der Waals surface area contributed by atoms with Crippen LogP contribution >= 0.6 is 0 Å². The Bertz CT molecular complexity index is 1510. The van der Waals surface area contributed by atoms with Crippen molar-refractivity contribution >= 4 is 11.9 Å². The second kappa shape index (κ2) is 55.0. The van der Waals surface area contributed by atoms with Crippen molar-refractivity contribution in [3.63, 3.8) is 0 Å². The van der Waals surface area contributed by atoms with Crippen molar-refractivity contribution in [2.75, 3.05) is 19.8 Å². The van der Waals surface area contributed by atoms with Crippen LogP contribution in [-0.2, 0) is 23.8 Å². The zero-order valence-electron chi connectivity index (χ0n) is 49.2. The number of rotatable bonds is 54. The van der Waals surface area contributed by atoms with E-state index in [1.165, 1.54) is 148 Å². The van der Waals surface area contributed by atoms with E-state index in [0.717, 1.165) is 96.3 Å². The number of esters is 1. The van der Waals surface area contributed by atoms with Gasteiger partial charge in [0.2, 0.25) is 5.91 Å². The van der Waals surface area contributed by atoms with E-state index in [1.54, 1.807) is 6.08 Å². The highest BCUT2D eigenvalue weighted by Gasteiger charge is 2.44. The van der Waals surface area contributed by atoms with Gasteiger partial charge < -0.3 is 45.1 Å². The van der Waals surface area contributed by atoms with Crippen molar-refractivity contribution < 1.29 is 49.3 Å². The number of allylic oxidation sites excluding steroid dienone is 11. The number of aliphatic hydroxyl groups is 5. The van der Waals surface area contributed by atoms with Gasteiger partial charge >= 0.3 is 5.97 Å². The first-order valence-electron chi connectivity index (χ1n) is 31.7. The van der Waals surface area contributed by atoms with Crippen molar-refractivity contribution in [2.45, 2.75) is 314 Å². The van der Waals surface area contributed by atoms with E-state index in [9.17, 15) is 35.1 Å². The molecule has 11 heteroatoms. The maximum atomic E-state index is 13.0. The SMILES string of the molecule is CCCCC/C=C\C/C=C\CCCCCCCC(=O)OCCCCCCCCCCC/C=C\C/C=C\CCCCCCCCCCCC(=O)NC(COC1OC(CO)C(O)C(O)C1O)C(O)/C=C/CC/C=C/CCCCC. The monoisotopic (exact) mass is 1080 g/mol. The van der Waals surface area contributed by atoms with Gasteiger partial charge in [0.15, 0.2) is 6.29 Å². The lowest BCUT2D eigenvalue weighted by atomic mass is 9.99. The number of aliphatic hydroxyl groups excluding tert-OH is 5. The molecular formula is C66H117NO10. The molecule has 7 unspecified atom stereocenters. The van der Waals surface area contributed by atoms with E-state index in [4.69, 9.17) is 14.2 Å².